The molecule has 1 unspecified atom stereocenters. The molecule has 16 heavy (non-hydrogen) atoms. The molecule has 0 bridgehead atoms. The molecule has 0 fully saturated rings. The summed E-state index contributed by atoms with van der Waals surface area (Å²) in [6.07, 6.45) is 1.08. The van der Waals surface area contributed by atoms with Crippen molar-refractivity contribution < 1.29 is 14.6 Å². The van der Waals surface area contributed by atoms with Gasteiger partial charge in [-0.05, 0) is 38.5 Å². The van der Waals surface area contributed by atoms with Crippen molar-refractivity contribution in [3.05, 3.63) is 29.3 Å². The van der Waals surface area contributed by atoms with E-state index in [0.29, 0.717) is 17.7 Å². The van der Waals surface area contributed by atoms with Crippen LogP contribution in [0.25, 0.3) is 0 Å². The fraction of sp³-hybridized carbons (Fsp3) is 0.462. The van der Waals surface area contributed by atoms with E-state index in [0.717, 1.165) is 6.42 Å². The largest absolute Gasteiger partial charge is 0.508 e. The molecule has 1 aromatic carbocycles. The summed E-state index contributed by atoms with van der Waals surface area (Å²) in [5.74, 6) is 0.165. The molecule has 0 aliphatic heterocycles. The van der Waals surface area contributed by atoms with Crippen molar-refractivity contribution >= 4 is 5.78 Å². The van der Waals surface area contributed by atoms with Crippen LogP contribution in [-0.2, 0) is 11.3 Å². The van der Waals surface area contributed by atoms with Crippen molar-refractivity contribution in [1.82, 2.24) is 0 Å². The Bertz CT molecular complexity index is 371. The monoisotopic (exact) mass is 222 g/mol. The molecule has 88 valence electrons. The van der Waals surface area contributed by atoms with E-state index in [4.69, 9.17) is 4.74 Å². The SMILES string of the molecule is CCC(C)OCc1cc(C(C)=O)ccc1O. The summed E-state index contributed by atoms with van der Waals surface area (Å²) in [6, 6.07) is 4.83. The van der Waals surface area contributed by atoms with E-state index in [1.165, 1.54) is 13.0 Å². The third-order valence-corrected chi connectivity index (χ3v) is 2.58. The van der Waals surface area contributed by atoms with Crippen LogP contribution in [0.4, 0.5) is 0 Å². The number of ketones is 1. The maximum Gasteiger partial charge on any atom is 0.159 e. The highest BCUT2D eigenvalue weighted by atomic mass is 16.5. The summed E-state index contributed by atoms with van der Waals surface area (Å²) < 4.78 is 5.52. The number of aromatic hydroxyl groups is 1. The van der Waals surface area contributed by atoms with E-state index >= 15 is 0 Å². The second-order valence-electron chi connectivity index (χ2n) is 3.93. The minimum Gasteiger partial charge on any atom is -0.508 e. The normalized spacial score (nSPS) is 12.4. The quantitative estimate of drug-likeness (QED) is 0.779. The lowest BCUT2D eigenvalue weighted by atomic mass is 10.1. The molecule has 0 saturated carbocycles. The zero-order chi connectivity index (χ0) is 12.1. The fourth-order valence-electron chi connectivity index (χ4n) is 1.27. The lowest BCUT2D eigenvalue weighted by Crippen LogP contribution is -2.06. The molecule has 0 spiro atoms. The summed E-state index contributed by atoms with van der Waals surface area (Å²) in [5, 5.41) is 9.61. The van der Waals surface area contributed by atoms with E-state index in [-0.39, 0.29) is 17.6 Å². The van der Waals surface area contributed by atoms with Crippen LogP contribution in [0, 0.1) is 0 Å². The van der Waals surface area contributed by atoms with Gasteiger partial charge in [0.15, 0.2) is 5.78 Å². The number of benzene rings is 1. The van der Waals surface area contributed by atoms with Crippen molar-refractivity contribution in [3.63, 3.8) is 0 Å². The average Bonchev–Trinajstić information content (AvgIpc) is 2.27. The number of rotatable bonds is 5. The number of ether oxygens (including phenoxy) is 1. The first-order valence-electron chi connectivity index (χ1n) is 5.49. The molecular weight excluding hydrogens is 204 g/mol. The van der Waals surface area contributed by atoms with Gasteiger partial charge < -0.3 is 9.84 Å². The Hall–Kier alpha value is -1.35. The molecule has 3 heteroatoms. The van der Waals surface area contributed by atoms with Crippen molar-refractivity contribution in [3.8, 4) is 5.75 Å². The lowest BCUT2D eigenvalue weighted by molar-refractivity contribution is 0.0497. The van der Waals surface area contributed by atoms with Crippen LogP contribution in [0.15, 0.2) is 18.2 Å². The zero-order valence-electron chi connectivity index (χ0n) is 9.99. The summed E-state index contributed by atoms with van der Waals surface area (Å²) in [5.41, 5.74) is 1.26. The highest BCUT2D eigenvalue weighted by molar-refractivity contribution is 5.94. The Morgan fingerprint density at radius 1 is 1.50 bits per heavy atom. The second kappa shape index (κ2) is 5.66. The molecule has 0 aliphatic rings. The first kappa shape index (κ1) is 12.7. The number of carbonyl (C=O) groups is 1. The molecule has 1 N–H and O–H groups in total. The molecule has 1 atom stereocenters. The van der Waals surface area contributed by atoms with Gasteiger partial charge in [0.25, 0.3) is 0 Å². The van der Waals surface area contributed by atoms with Crippen LogP contribution in [0.2, 0.25) is 0 Å². The van der Waals surface area contributed by atoms with Crippen LogP contribution in [-0.4, -0.2) is 17.0 Å². The third-order valence-electron chi connectivity index (χ3n) is 2.58. The summed E-state index contributed by atoms with van der Waals surface area (Å²) in [6.45, 7) is 5.86. The van der Waals surface area contributed by atoms with Gasteiger partial charge in [-0.1, -0.05) is 6.92 Å². The standard InChI is InChI=1S/C13H18O3/c1-4-9(2)16-8-12-7-11(10(3)14)5-6-13(12)15/h5-7,9,15H,4,8H2,1-3H3. The number of phenolic OH excluding ortho intramolecular Hbond substituents is 1. The Balaban J connectivity index is 2.78. The zero-order valence-corrected chi connectivity index (χ0v) is 9.99. The Labute approximate surface area is 96.1 Å². The van der Waals surface area contributed by atoms with Gasteiger partial charge in [-0.25, -0.2) is 0 Å². The van der Waals surface area contributed by atoms with Crippen LogP contribution in [0.5, 0.6) is 5.75 Å². The van der Waals surface area contributed by atoms with Crippen molar-refractivity contribution in [1.29, 1.82) is 0 Å². The summed E-state index contributed by atoms with van der Waals surface area (Å²) in [7, 11) is 0. The molecule has 0 amide bonds. The highest BCUT2D eigenvalue weighted by Crippen LogP contribution is 2.20. The molecule has 1 rings (SSSR count). The first-order chi connectivity index (χ1) is 7.54. The van der Waals surface area contributed by atoms with E-state index < -0.39 is 0 Å². The average molecular weight is 222 g/mol. The number of Topliss-reactive ketones (excluding diaryl/α,β-unsaturated/α-hetero) is 1. The number of phenols is 1. The molecule has 3 nitrogen and oxygen atoms in total. The van der Waals surface area contributed by atoms with Crippen molar-refractivity contribution in [2.75, 3.05) is 0 Å². The van der Waals surface area contributed by atoms with E-state index in [2.05, 4.69) is 0 Å². The predicted molar refractivity (Wildman–Crippen MR) is 62.7 cm³/mol. The Morgan fingerprint density at radius 2 is 2.19 bits per heavy atom. The van der Waals surface area contributed by atoms with E-state index in [1.54, 1.807) is 12.1 Å². The van der Waals surface area contributed by atoms with Crippen LogP contribution >= 0.6 is 0 Å². The van der Waals surface area contributed by atoms with Crippen LogP contribution in [0.1, 0.15) is 43.1 Å². The molecule has 0 aromatic heterocycles. The van der Waals surface area contributed by atoms with Crippen LogP contribution < -0.4 is 0 Å². The van der Waals surface area contributed by atoms with Gasteiger partial charge in [0.1, 0.15) is 5.75 Å². The summed E-state index contributed by atoms with van der Waals surface area (Å²) in [4.78, 5) is 11.2. The maximum atomic E-state index is 11.2. The minimum atomic E-state index is -0.00945. The number of carbonyl (C=O) groups excluding carboxylic acids is 1. The van der Waals surface area contributed by atoms with Gasteiger partial charge in [-0.2, -0.15) is 0 Å². The highest BCUT2D eigenvalue weighted by Gasteiger charge is 2.07. The van der Waals surface area contributed by atoms with E-state index in [9.17, 15) is 9.90 Å². The van der Waals surface area contributed by atoms with Gasteiger partial charge in [0, 0.05) is 11.1 Å². The van der Waals surface area contributed by atoms with E-state index in [1.807, 2.05) is 13.8 Å². The number of hydrogen-bond acceptors (Lipinski definition) is 3. The molecule has 0 radical (unpaired) electrons. The fourth-order valence-corrected chi connectivity index (χ4v) is 1.27. The number of hydrogen-bond donors (Lipinski definition) is 1. The topological polar surface area (TPSA) is 46.5 Å². The molecule has 0 heterocycles. The third kappa shape index (κ3) is 3.35. The lowest BCUT2D eigenvalue weighted by Gasteiger charge is -2.12. The van der Waals surface area contributed by atoms with Gasteiger partial charge in [-0.3, -0.25) is 4.79 Å². The molecular formula is C13H18O3. The van der Waals surface area contributed by atoms with Gasteiger partial charge in [0.05, 0.1) is 12.7 Å². The van der Waals surface area contributed by atoms with Crippen molar-refractivity contribution in [2.45, 2.75) is 39.9 Å². The molecule has 1 aromatic rings. The van der Waals surface area contributed by atoms with Crippen molar-refractivity contribution in [2.24, 2.45) is 0 Å². The van der Waals surface area contributed by atoms with Gasteiger partial charge >= 0.3 is 0 Å². The van der Waals surface area contributed by atoms with Crippen LogP contribution in [0.3, 0.4) is 0 Å². The van der Waals surface area contributed by atoms with Gasteiger partial charge in [0.2, 0.25) is 0 Å². The second-order valence-corrected chi connectivity index (χ2v) is 3.93. The first-order valence-corrected chi connectivity index (χ1v) is 5.49. The predicted octanol–water partition coefficient (Wildman–Crippen LogP) is 2.91. The Morgan fingerprint density at radius 3 is 2.75 bits per heavy atom. The summed E-state index contributed by atoms with van der Waals surface area (Å²) >= 11 is 0. The smallest absolute Gasteiger partial charge is 0.159 e. The molecule has 0 aliphatic carbocycles. The maximum absolute atomic E-state index is 11.2. The van der Waals surface area contributed by atoms with Gasteiger partial charge in [-0.15, -0.1) is 0 Å². The minimum absolute atomic E-state index is 0.00945. The molecule has 0 saturated heterocycles. The Kier molecular flexibility index (Phi) is 4.50.